The van der Waals surface area contributed by atoms with Crippen molar-refractivity contribution in [1.29, 1.82) is 0 Å². The van der Waals surface area contributed by atoms with Crippen LogP contribution in [0.1, 0.15) is 41.6 Å². The van der Waals surface area contributed by atoms with Gasteiger partial charge in [-0.2, -0.15) is 9.78 Å². The predicted molar refractivity (Wildman–Crippen MR) is 119 cm³/mol. The average Bonchev–Trinajstić information content (AvgIpc) is 3.28. The van der Waals surface area contributed by atoms with E-state index in [1.165, 1.54) is 16.9 Å². The van der Waals surface area contributed by atoms with Crippen molar-refractivity contribution in [1.82, 2.24) is 14.8 Å². The molecule has 2 aromatic heterocycles. The lowest BCUT2D eigenvalue weighted by Crippen LogP contribution is -2.25. The van der Waals surface area contributed by atoms with Crippen LogP contribution in [0, 0.1) is 13.8 Å². The first-order valence-electron chi connectivity index (χ1n) is 10.0. The van der Waals surface area contributed by atoms with Gasteiger partial charge in [-0.15, -0.1) is 0 Å². The van der Waals surface area contributed by atoms with Crippen LogP contribution in [0.4, 0.5) is 5.82 Å². The van der Waals surface area contributed by atoms with E-state index in [0.717, 1.165) is 43.7 Å². The summed E-state index contributed by atoms with van der Waals surface area (Å²) >= 11 is 1.54. The van der Waals surface area contributed by atoms with Crippen LogP contribution in [-0.4, -0.2) is 27.3 Å². The molecule has 1 aliphatic heterocycles. The summed E-state index contributed by atoms with van der Waals surface area (Å²) in [4.78, 5) is 17.3. The molecular formula is C23H22N4O2S. The van der Waals surface area contributed by atoms with Crippen LogP contribution in [0.3, 0.4) is 0 Å². The van der Waals surface area contributed by atoms with Gasteiger partial charge in [0.2, 0.25) is 11.0 Å². The van der Waals surface area contributed by atoms with Gasteiger partial charge in [-0.1, -0.05) is 41.2 Å². The van der Waals surface area contributed by atoms with Crippen LogP contribution in [0.15, 0.2) is 42.5 Å². The molecular weight excluding hydrogens is 396 g/mol. The zero-order valence-electron chi connectivity index (χ0n) is 17.1. The summed E-state index contributed by atoms with van der Waals surface area (Å²) in [6.07, 6.45) is 0.417. The summed E-state index contributed by atoms with van der Waals surface area (Å²) in [5.41, 5.74) is 5.18. The van der Waals surface area contributed by atoms with Crippen LogP contribution in [0.25, 0.3) is 15.3 Å². The average molecular weight is 419 g/mol. The van der Waals surface area contributed by atoms with Crippen LogP contribution in [0.5, 0.6) is 5.75 Å². The van der Waals surface area contributed by atoms with E-state index >= 15 is 0 Å². The number of amides is 1. The van der Waals surface area contributed by atoms with Gasteiger partial charge in [0.05, 0.1) is 22.5 Å². The highest BCUT2D eigenvalue weighted by atomic mass is 32.1. The molecule has 0 aliphatic carbocycles. The first-order chi connectivity index (χ1) is 14.5. The van der Waals surface area contributed by atoms with E-state index in [2.05, 4.69) is 30.4 Å². The normalized spacial score (nSPS) is 15.8. The molecule has 1 atom stereocenters. The maximum absolute atomic E-state index is 12.6. The number of aryl methyl sites for hydroxylation is 2. The number of ether oxygens (including phenoxy) is 1. The molecule has 5 rings (SSSR count). The van der Waals surface area contributed by atoms with Crippen LogP contribution in [-0.2, 0) is 4.79 Å². The van der Waals surface area contributed by atoms with Gasteiger partial charge in [-0.25, -0.2) is 4.98 Å². The second-order valence-electron chi connectivity index (χ2n) is 7.54. The second kappa shape index (κ2) is 7.25. The molecule has 0 saturated carbocycles. The Labute approximate surface area is 178 Å². The SMILES string of the molecule is CCOc1ccc2nc(-n3nc(C)c4c3NC(=O)C[C@@H]4c3cccc(C)c3)sc2c1. The monoisotopic (exact) mass is 418 g/mol. The van der Waals surface area contributed by atoms with Gasteiger partial charge < -0.3 is 10.1 Å². The van der Waals surface area contributed by atoms with E-state index in [-0.39, 0.29) is 11.8 Å². The van der Waals surface area contributed by atoms with Crippen molar-refractivity contribution in [3.05, 3.63) is 64.8 Å². The summed E-state index contributed by atoms with van der Waals surface area (Å²) in [7, 11) is 0. The Kier molecular flexibility index (Phi) is 4.55. The lowest BCUT2D eigenvalue weighted by atomic mass is 9.85. The molecule has 0 bridgehead atoms. The van der Waals surface area contributed by atoms with Crippen molar-refractivity contribution in [3.8, 4) is 10.9 Å². The van der Waals surface area contributed by atoms with E-state index in [0.29, 0.717) is 13.0 Å². The molecule has 1 aliphatic rings. The molecule has 0 saturated heterocycles. The van der Waals surface area contributed by atoms with Gasteiger partial charge >= 0.3 is 0 Å². The van der Waals surface area contributed by atoms with Gasteiger partial charge in [-0.3, -0.25) is 4.79 Å². The van der Waals surface area contributed by atoms with Crippen molar-refractivity contribution in [2.24, 2.45) is 0 Å². The van der Waals surface area contributed by atoms with Gasteiger partial charge in [0.15, 0.2) is 0 Å². The molecule has 0 fully saturated rings. The molecule has 0 unspecified atom stereocenters. The minimum Gasteiger partial charge on any atom is -0.494 e. The standard InChI is InChI=1S/C23H22N4O2S/c1-4-29-16-8-9-18-19(11-16)30-23(24-18)27-22-21(14(3)26-27)17(12-20(28)25-22)15-7-5-6-13(2)10-15/h5-11,17H,4,12H2,1-3H3,(H,25,28)/t17-/m1/s1. The summed E-state index contributed by atoms with van der Waals surface area (Å²) < 4.78 is 8.41. The number of carbonyl (C=O) groups is 1. The van der Waals surface area contributed by atoms with Gasteiger partial charge in [0, 0.05) is 17.9 Å². The van der Waals surface area contributed by atoms with Crippen LogP contribution in [0.2, 0.25) is 0 Å². The van der Waals surface area contributed by atoms with Crippen LogP contribution >= 0.6 is 11.3 Å². The third-order valence-corrected chi connectivity index (χ3v) is 6.38. The quantitative estimate of drug-likeness (QED) is 0.508. The van der Waals surface area contributed by atoms with Gasteiger partial charge in [0.1, 0.15) is 11.6 Å². The largest absolute Gasteiger partial charge is 0.494 e. The number of benzene rings is 2. The van der Waals surface area contributed by atoms with Crippen molar-refractivity contribution >= 4 is 33.3 Å². The Bertz CT molecular complexity index is 1270. The van der Waals surface area contributed by atoms with Crippen molar-refractivity contribution in [2.75, 3.05) is 11.9 Å². The van der Waals surface area contributed by atoms with E-state index in [4.69, 9.17) is 14.8 Å². The molecule has 7 heteroatoms. The Morgan fingerprint density at radius 3 is 2.90 bits per heavy atom. The molecule has 0 radical (unpaired) electrons. The summed E-state index contributed by atoms with van der Waals surface area (Å²) in [5.74, 6) is 1.53. The Balaban J connectivity index is 1.63. The zero-order valence-corrected chi connectivity index (χ0v) is 17.9. The lowest BCUT2D eigenvalue weighted by Gasteiger charge is -2.24. The fraction of sp³-hybridized carbons (Fsp3) is 0.261. The molecule has 1 N–H and O–H groups in total. The predicted octanol–water partition coefficient (Wildman–Crippen LogP) is 4.97. The number of aromatic nitrogens is 3. The maximum atomic E-state index is 12.6. The number of carbonyl (C=O) groups excluding carboxylic acids is 1. The second-order valence-corrected chi connectivity index (χ2v) is 8.55. The van der Waals surface area contributed by atoms with E-state index in [1.807, 2.05) is 38.1 Å². The summed E-state index contributed by atoms with van der Waals surface area (Å²) in [6, 6.07) is 14.2. The molecule has 0 spiro atoms. The fourth-order valence-electron chi connectivity index (χ4n) is 4.10. The van der Waals surface area contributed by atoms with Crippen molar-refractivity contribution in [3.63, 3.8) is 0 Å². The first kappa shape index (κ1) is 18.8. The number of hydrogen-bond acceptors (Lipinski definition) is 5. The summed E-state index contributed by atoms with van der Waals surface area (Å²) in [5, 5.41) is 8.54. The highest BCUT2D eigenvalue weighted by Gasteiger charge is 2.33. The third-order valence-electron chi connectivity index (χ3n) is 5.39. The number of thiazole rings is 1. The molecule has 2 aromatic carbocycles. The maximum Gasteiger partial charge on any atom is 0.226 e. The number of hydrogen-bond donors (Lipinski definition) is 1. The molecule has 6 nitrogen and oxygen atoms in total. The Hall–Kier alpha value is -3.19. The number of fused-ring (bicyclic) bond motifs is 2. The molecule has 3 heterocycles. The van der Waals surface area contributed by atoms with E-state index in [1.54, 1.807) is 4.68 Å². The van der Waals surface area contributed by atoms with E-state index in [9.17, 15) is 4.79 Å². The number of rotatable bonds is 4. The fourth-order valence-corrected chi connectivity index (χ4v) is 5.05. The molecule has 152 valence electrons. The molecule has 1 amide bonds. The Morgan fingerprint density at radius 2 is 2.10 bits per heavy atom. The van der Waals surface area contributed by atoms with E-state index < -0.39 is 0 Å². The highest BCUT2D eigenvalue weighted by molar-refractivity contribution is 7.20. The van der Waals surface area contributed by atoms with Crippen LogP contribution < -0.4 is 10.1 Å². The third kappa shape index (κ3) is 3.15. The minimum absolute atomic E-state index is 0.00472. The number of nitrogens with one attached hydrogen (secondary N) is 1. The molecule has 4 aromatic rings. The Morgan fingerprint density at radius 1 is 1.23 bits per heavy atom. The topological polar surface area (TPSA) is 69.0 Å². The molecule has 30 heavy (non-hydrogen) atoms. The van der Waals surface area contributed by atoms with Gasteiger partial charge in [-0.05, 0) is 44.5 Å². The van der Waals surface area contributed by atoms with Crippen molar-refractivity contribution < 1.29 is 9.53 Å². The number of anilines is 1. The van der Waals surface area contributed by atoms with Gasteiger partial charge in [0.25, 0.3) is 0 Å². The smallest absolute Gasteiger partial charge is 0.226 e. The minimum atomic E-state index is -0.0127. The lowest BCUT2D eigenvalue weighted by molar-refractivity contribution is -0.116. The zero-order chi connectivity index (χ0) is 20.8. The number of nitrogens with zero attached hydrogens (tertiary/aromatic N) is 3. The summed E-state index contributed by atoms with van der Waals surface area (Å²) in [6.45, 7) is 6.65. The van der Waals surface area contributed by atoms with Crippen molar-refractivity contribution in [2.45, 2.75) is 33.1 Å². The first-order valence-corrected chi connectivity index (χ1v) is 10.8. The highest BCUT2D eigenvalue weighted by Crippen LogP contribution is 2.41.